The highest BCUT2D eigenvalue weighted by Crippen LogP contribution is 2.18. The van der Waals surface area contributed by atoms with Crippen molar-refractivity contribution in [3.8, 4) is 5.69 Å². The first-order valence-corrected chi connectivity index (χ1v) is 5.83. The second kappa shape index (κ2) is 5.39. The molecule has 20 heavy (non-hydrogen) atoms. The van der Waals surface area contributed by atoms with Gasteiger partial charge in [0.2, 0.25) is 0 Å². The van der Waals surface area contributed by atoms with E-state index in [1.807, 2.05) is 0 Å². The molecule has 100 valence electrons. The highest BCUT2D eigenvalue weighted by Gasteiger charge is 2.06. The Labute approximate surface area is 113 Å². The summed E-state index contributed by atoms with van der Waals surface area (Å²) in [4.78, 5) is 7.80. The van der Waals surface area contributed by atoms with E-state index in [9.17, 15) is 4.39 Å². The molecule has 3 aromatic rings. The Hall–Kier alpha value is -2.90. The molecular weight excluding hydrogens is 261 g/mol. The first kappa shape index (κ1) is 12.2. The molecule has 2 aromatic heterocycles. The molecule has 0 aliphatic carbocycles. The fourth-order valence-corrected chi connectivity index (χ4v) is 1.69. The summed E-state index contributed by atoms with van der Waals surface area (Å²) in [6.07, 6.45) is 6.23. The van der Waals surface area contributed by atoms with Gasteiger partial charge >= 0.3 is 0 Å². The van der Waals surface area contributed by atoms with Gasteiger partial charge in [-0.1, -0.05) is 0 Å². The van der Waals surface area contributed by atoms with Gasteiger partial charge < -0.3 is 5.32 Å². The van der Waals surface area contributed by atoms with Crippen LogP contribution in [0, 0.1) is 5.82 Å². The molecule has 0 saturated carbocycles. The fourth-order valence-electron chi connectivity index (χ4n) is 1.69. The van der Waals surface area contributed by atoms with Crippen LogP contribution in [0.5, 0.6) is 0 Å². The number of hydrogen-bond donors (Lipinski definition) is 1. The summed E-state index contributed by atoms with van der Waals surface area (Å²) in [5.41, 5.74) is 1.89. The molecule has 0 saturated heterocycles. The van der Waals surface area contributed by atoms with Crippen molar-refractivity contribution in [1.29, 1.82) is 0 Å². The van der Waals surface area contributed by atoms with Gasteiger partial charge in [-0.3, -0.25) is 0 Å². The number of hydrogen-bond acceptors (Lipinski definition) is 6. The Balaban J connectivity index is 1.80. The lowest BCUT2D eigenvalue weighted by atomic mass is 10.2. The molecule has 1 aromatic carbocycles. The number of halogens is 1. The topological polar surface area (TPSA) is 81.4 Å². The van der Waals surface area contributed by atoms with Crippen molar-refractivity contribution < 1.29 is 4.39 Å². The van der Waals surface area contributed by atoms with E-state index in [0.717, 1.165) is 5.56 Å². The summed E-state index contributed by atoms with van der Waals surface area (Å²) in [5.74, 6) is -0.348. The Morgan fingerprint density at radius 2 is 2.05 bits per heavy atom. The predicted molar refractivity (Wildman–Crippen MR) is 68.5 cm³/mol. The van der Waals surface area contributed by atoms with Crippen molar-refractivity contribution in [1.82, 2.24) is 30.2 Å². The maximum atomic E-state index is 13.8. The Bertz CT molecular complexity index is 684. The van der Waals surface area contributed by atoms with Crippen molar-refractivity contribution in [2.24, 2.45) is 0 Å². The lowest BCUT2D eigenvalue weighted by molar-refractivity contribution is 0.629. The normalized spacial score (nSPS) is 10.4. The number of nitrogens with zero attached hydrogens (tertiary/aromatic N) is 6. The lowest BCUT2D eigenvalue weighted by Gasteiger charge is -2.09. The number of tetrazole rings is 1. The maximum Gasteiger partial charge on any atom is 0.146 e. The summed E-state index contributed by atoms with van der Waals surface area (Å²) in [5, 5.41) is 13.8. The van der Waals surface area contributed by atoms with Gasteiger partial charge in [0.05, 0.1) is 11.4 Å². The predicted octanol–water partition coefficient (Wildman–Crippen LogP) is 1.20. The van der Waals surface area contributed by atoms with Gasteiger partial charge in [0.1, 0.15) is 18.5 Å². The molecule has 2 heterocycles. The molecule has 0 atom stereocenters. The molecule has 0 fully saturated rings. The van der Waals surface area contributed by atoms with E-state index in [4.69, 9.17) is 0 Å². The monoisotopic (exact) mass is 271 g/mol. The summed E-state index contributed by atoms with van der Waals surface area (Å²) in [7, 11) is 0. The van der Waals surface area contributed by atoms with Gasteiger partial charge in [-0.15, -0.1) is 5.10 Å². The molecule has 0 unspecified atom stereocenters. The Kier molecular flexibility index (Phi) is 3.27. The smallest absolute Gasteiger partial charge is 0.146 e. The van der Waals surface area contributed by atoms with Gasteiger partial charge in [0, 0.05) is 24.5 Å². The SMILES string of the molecule is Fc1ccc(-n2cnnn2)cc1NCc1cncnc1. The summed E-state index contributed by atoms with van der Waals surface area (Å²) in [6, 6.07) is 4.60. The molecule has 0 amide bonds. The van der Waals surface area contributed by atoms with Gasteiger partial charge in [-0.2, -0.15) is 0 Å². The molecule has 1 N–H and O–H groups in total. The van der Waals surface area contributed by atoms with Gasteiger partial charge in [-0.05, 0) is 28.6 Å². The van der Waals surface area contributed by atoms with Crippen molar-refractivity contribution >= 4 is 5.69 Å². The molecule has 0 radical (unpaired) electrons. The molecule has 0 aliphatic rings. The Morgan fingerprint density at radius 1 is 1.20 bits per heavy atom. The van der Waals surface area contributed by atoms with Crippen LogP contribution in [0.1, 0.15) is 5.56 Å². The van der Waals surface area contributed by atoms with Gasteiger partial charge in [0.15, 0.2) is 0 Å². The van der Waals surface area contributed by atoms with Crippen LogP contribution in [0.2, 0.25) is 0 Å². The summed E-state index contributed by atoms with van der Waals surface area (Å²) >= 11 is 0. The van der Waals surface area contributed by atoms with E-state index in [1.54, 1.807) is 24.5 Å². The van der Waals surface area contributed by atoms with E-state index in [1.165, 1.54) is 23.4 Å². The highest BCUT2D eigenvalue weighted by molar-refractivity contribution is 5.52. The number of benzene rings is 1. The standard InChI is InChI=1S/C12H10FN7/c13-11-2-1-10(20-8-17-18-19-20)3-12(11)16-6-9-4-14-7-15-5-9/h1-5,7-8,16H,6H2. The van der Waals surface area contributed by atoms with E-state index < -0.39 is 0 Å². The average molecular weight is 271 g/mol. The summed E-state index contributed by atoms with van der Waals surface area (Å²) < 4.78 is 15.2. The quantitative estimate of drug-likeness (QED) is 0.768. The Morgan fingerprint density at radius 3 is 2.80 bits per heavy atom. The van der Waals surface area contributed by atoms with E-state index >= 15 is 0 Å². The van der Waals surface area contributed by atoms with Crippen LogP contribution < -0.4 is 5.32 Å². The average Bonchev–Trinajstić information content (AvgIpc) is 3.02. The van der Waals surface area contributed by atoms with Crippen molar-refractivity contribution in [3.05, 3.63) is 54.6 Å². The minimum absolute atomic E-state index is 0.348. The van der Waals surface area contributed by atoms with Gasteiger partial charge in [0.25, 0.3) is 0 Å². The molecular formula is C12H10FN7. The van der Waals surface area contributed by atoms with Crippen molar-refractivity contribution in [2.75, 3.05) is 5.32 Å². The fraction of sp³-hybridized carbons (Fsp3) is 0.0833. The van der Waals surface area contributed by atoms with Crippen LogP contribution >= 0.6 is 0 Å². The highest BCUT2D eigenvalue weighted by atomic mass is 19.1. The molecule has 0 spiro atoms. The minimum atomic E-state index is -0.348. The minimum Gasteiger partial charge on any atom is -0.378 e. The first-order chi connectivity index (χ1) is 9.83. The molecule has 7 nitrogen and oxygen atoms in total. The third-order valence-corrected chi connectivity index (χ3v) is 2.66. The van der Waals surface area contributed by atoms with Crippen LogP contribution in [0.4, 0.5) is 10.1 Å². The maximum absolute atomic E-state index is 13.8. The number of aromatic nitrogens is 6. The zero-order valence-electron chi connectivity index (χ0n) is 10.3. The molecule has 8 heteroatoms. The van der Waals surface area contributed by atoms with E-state index in [0.29, 0.717) is 17.9 Å². The van der Waals surface area contributed by atoms with Crippen molar-refractivity contribution in [3.63, 3.8) is 0 Å². The number of anilines is 1. The zero-order valence-corrected chi connectivity index (χ0v) is 10.3. The molecule has 0 aliphatic heterocycles. The third kappa shape index (κ3) is 2.58. The zero-order chi connectivity index (χ0) is 13.8. The van der Waals surface area contributed by atoms with Crippen LogP contribution in [-0.4, -0.2) is 30.2 Å². The number of nitrogens with one attached hydrogen (secondary N) is 1. The van der Waals surface area contributed by atoms with E-state index in [-0.39, 0.29) is 5.82 Å². The number of rotatable bonds is 4. The van der Waals surface area contributed by atoms with Gasteiger partial charge in [-0.25, -0.2) is 19.0 Å². The molecule has 0 bridgehead atoms. The first-order valence-electron chi connectivity index (χ1n) is 5.83. The largest absolute Gasteiger partial charge is 0.378 e. The second-order valence-corrected chi connectivity index (χ2v) is 4.02. The van der Waals surface area contributed by atoms with Crippen molar-refractivity contribution in [2.45, 2.75) is 6.54 Å². The van der Waals surface area contributed by atoms with Crippen LogP contribution in [0.3, 0.4) is 0 Å². The van der Waals surface area contributed by atoms with Crippen LogP contribution in [0.25, 0.3) is 5.69 Å². The van der Waals surface area contributed by atoms with Crippen LogP contribution in [-0.2, 0) is 6.54 Å². The summed E-state index contributed by atoms with van der Waals surface area (Å²) in [6.45, 7) is 0.427. The molecule has 3 rings (SSSR count). The lowest BCUT2D eigenvalue weighted by Crippen LogP contribution is -2.04. The van der Waals surface area contributed by atoms with E-state index in [2.05, 4.69) is 30.8 Å². The third-order valence-electron chi connectivity index (χ3n) is 2.66. The second-order valence-electron chi connectivity index (χ2n) is 4.02. The van der Waals surface area contributed by atoms with Crippen LogP contribution in [0.15, 0.2) is 43.2 Å².